The number of hydrogen-bond acceptors (Lipinski definition) is 6. The van der Waals surface area contributed by atoms with Crippen molar-refractivity contribution in [3.63, 3.8) is 0 Å². The molecule has 0 spiro atoms. The summed E-state index contributed by atoms with van der Waals surface area (Å²) in [7, 11) is 1.35. The molecule has 2 aromatic carbocycles. The lowest BCUT2D eigenvalue weighted by atomic mass is 9.95. The first-order valence-electron chi connectivity index (χ1n) is 11.8. The van der Waals surface area contributed by atoms with E-state index in [4.69, 9.17) is 19.4 Å². The number of carboxylic acid groups (broad SMARTS) is 1. The average molecular weight is 483 g/mol. The molecule has 2 amide bonds. The van der Waals surface area contributed by atoms with Crippen molar-refractivity contribution >= 4 is 18.0 Å². The van der Waals surface area contributed by atoms with E-state index in [2.05, 4.69) is 35.1 Å². The summed E-state index contributed by atoms with van der Waals surface area (Å²) in [4.78, 5) is 41.2. The minimum absolute atomic E-state index is 0.0235. The van der Waals surface area contributed by atoms with Gasteiger partial charge in [-0.05, 0) is 41.0 Å². The summed E-state index contributed by atoms with van der Waals surface area (Å²) in [6, 6.07) is 16.3. The highest BCUT2D eigenvalue weighted by atomic mass is 16.7. The van der Waals surface area contributed by atoms with E-state index in [1.54, 1.807) is 0 Å². The Bertz CT molecular complexity index is 1030. The van der Waals surface area contributed by atoms with Gasteiger partial charge < -0.3 is 19.9 Å². The van der Waals surface area contributed by atoms with Crippen molar-refractivity contribution in [2.24, 2.45) is 11.8 Å². The molecule has 2 aliphatic carbocycles. The molecule has 0 radical (unpaired) electrons. The molecular formula is C26H30N2O7. The number of fused-ring (bicyclic) bond motifs is 3. The predicted octanol–water partition coefficient (Wildman–Crippen LogP) is 3.09. The number of alkyl carbamates (subject to hydrolysis) is 1. The Kier molecular flexibility index (Phi) is 7.99. The van der Waals surface area contributed by atoms with Crippen LogP contribution in [-0.2, 0) is 23.9 Å². The number of nitrogens with one attached hydrogen (secondary N) is 2. The third-order valence-corrected chi connectivity index (χ3v) is 6.74. The van der Waals surface area contributed by atoms with E-state index in [1.165, 1.54) is 7.11 Å². The summed E-state index contributed by atoms with van der Waals surface area (Å²) in [5.74, 6) is -2.13. The topological polar surface area (TPSA) is 123 Å². The van der Waals surface area contributed by atoms with Gasteiger partial charge in [0.2, 0.25) is 12.0 Å². The molecule has 0 bridgehead atoms. The molecule has 186 valence electrons. The molecule has 4 rings (SSSR count). The molecule has 2 aliphatic rings. The van der Waals surface area contributed by atoms with Crippen LogP contribution in [0.2, 0.25) is 0 Å². The second kappa shape index (κ2) is 11.3. The molecule has 3 N–H and O–H groups in total. The molecule has 0 heterocycles. The third-order valence-electron chi connectivity index (χ3n) is 6.74. The van der Waals surface area contributed by atoms with Crippen LogP contribution >= 0.6 is 0 Å². The quantitative estimate of drug-likeness (QED) is 0.445. The van der Waals surface area contributed by atoms with Gasteiger partial charge in [-0.2, -0.15) is 0 Å². The van der Waals surface area contributed by atoms with Gasteiger partial charge in [0.15, 0.2) is 0 Å². The van der Waals surface area contributed by atoms with Crippen LogP contribution < -0.4 is 10.8 Å². The number of hydroxylamine groups is 1. The Morgan fingerprint density at radius 3 is 2.31 bits per heavy atom. The molecule has 2 aromatic rings. The van der Waals surface area contributed by atoms with E-state index < -0.39 is 24.1 Å². The normalized spacial score (nSPS) is 19.5. The van der Waals surface area contributed by atoms with Gasteiger partial charge >= 0.3 is 12.1 Å². The SMILES string of the molecule is COCC(ONC(=O)[C@H]1CCC[C@H]1CNC(=O)OCC1c2ccccc2-c2ccccc21)C(=O)O. The standard InChI is InChI=1S/C26H30N2O7/c1-33-15-23(25(30)31)35-28-24(29)17-12-6-7-16(17)13-27-26(32)34-14-22-20-10-4-2-8-18(20)19-9-3-5-11-21(19)22/h2-5,8-11,16-17,22-23H,6-7,12-15H2,1H3,(H,27,32)(H,28,29)(H,30,31)/t16-,17-,23?/m0/s1. The first-order chi connectivity index (χ1) is 17.0. The molecule has 0 saturated heterocycles. The minimum Gasteiger partial charge on any atom is -0.479 e. The van der Waals surface area contributed by atoms with Gasteiger partial charge in [0.05, 0.1) is 6.61 Å². The zero-order valence-corrected chi connectivity index (χ0v) is 19.6. The molecule has 1 unspecified atom stereocenters. The van der Waals surface area contributed by atoms with Crippen LogP contribution in [0.5, 0.6) is 0 Å². The Labute approximate surface area is 203 Å². The molecule has 3 atom stereocenters. The van der Waals surface area contributed by atoms with Crippen molar-refractivity contribution in [2.75, 3.05) is 26.9 Å². The lowest BCUT2D eigenvalue weighted by molar-refractivity contribution is -0.166. The second-order valence-electron chi connectivity index (χ2n) is 8.87. The van der Waals surface area contributed by atoms with Gasteiger partial charge in [-0.3, -0.25) is 9.63 Å². The highest BCUT2D eigenvalue weighted by Crippen LogP contribution is 2.44. The monoisotopic (exact) mass is 482 g/mol. The van der Waals surface area contributed by atoms with Crippen LogP contribution in [0.4, 0.5) is 4.79 Å². The fourth-order valence-corrected chi connectivity index (χ4v) is 5.00. The van der Waals surface area contributed by atoms with Crippen molar-refractivity contribution in [3.05, 3.63) is 59.7 Å². The average Bonchev–Trinajstić information content (AvgIpc) is 3.46. The number of carbonyl (C=O) groups excluding carboxylic acids is 2. The first kappa shape index (κ1) is 24.7. The molecule has 0 aliphatic heterocycles. The Balaban J connectivity index is 1.27. The molecule has 0 aromatic heterocycles. The number of rotatable bonds is 10. The van der Waals surface area contributed by atoms with Gasteiger partial charge in [0.25, 0.3) is 0 Å². The molecule has 9 heteroatoms. The molecule has 9 nitrogen and oxygen atoms in total. The smallest absolute Gasteiger partial charge is 0.407 e. The van der Waals surface area contributed by atoms with Crippen molar-refractivity contribution in [3.8, 4) is 11.1 Å². The van der Waals surface area contributed by atoms with E-state index in [1.807, 2.05) is 24.3 Å². The Morgan fingerprint density at radius 1 is 1.03 bits per heavy atom. The van der Waals surface area contributed by atoms with Gasteiger partial charge in [-0.25, -0.2) is 15.1 Å². The van der Waals surface area contributed by atoms with Gasteiger partial charge in [-0.15, -0.1) is 0 Å². The molecular weight excluding hydrogens is 452 g/mol. The van der Waals surface area contributed by atoms with E-state index in [0.717, 1.165) is 35.1 Å². The van der Waals surface area contributed by atoms with Crippen LogP contribution in [0.1, 0.15) is 36.3 Å². The van der Waals surface area contributed by atoms with Gasteiger partial charge in [0.1, 0.15) is 6.61 Å². The summed E-state index contributed by atoms with van der Waals surface area (Å²) >= 11 is 0. The second-order valence-corrected chi connectivity index (χ2v) is 8.87. The van der Waals surface area contributed by atoms with Crippen molar-refractivity contribution in [2.45, 2.75) is 31.3 Å². The Hall–Kier alpha value is -3.43. The Morgan fingerprint density at radius 2 is 1.69 bits per heavy atom. The fraction of sp³-hybridized carbons (Fsp3) is 0.423. The molecule has 1 fully saturated rings. The lowest BCUT2D eigenvalue weighted by Crippen LogP contribution is -2.42. The highest BCUT2D eigenvalue weighted by molar-refractivity contribution is 5.80. The summed E-state index contributed by atoms with van der Waals surface area (Å²) < 4.78 is 10.4. The van der Waals surface area contributed by atoms with E-state index >= 15 is 0 Å². The number of benzene rings is 2. The molecule has 35 heavy (non-hydrogen) atoms. The zero-order chi connectivity index (χ0) is 24.8. The fourth-order valence-electron chi connectivity index (χ4n) is 5.00. The minimum atomic E-state index is -1.29. The van der Waals surface area contributed by atoms with Gasteiger partial charge in [0, 0.05) is 25.5 Å². The van der Waals surface area contributed by atoms with E-state index in [9.17, 15) is 14.4 Å². The predicted molar refractivity (Wildman–Crippen MR) is 126 cm³/mol. The summed E-state index contributed by atoms with van der Waals surface area (Å²) in [5, 5.41) is 11.9. The van der Waals surface area contributed by atoms with E-state index in [-0.39, 0.29) is 37.5 Å². The first-order valence-corrected chi connectivity index (χ1v) is 11.8. The number of ether oxygens (including phenoxy) is 2. The molecule has 1 saturated carbocycles. The maximum Gasteiger partial charge on any atom is 0.407 e. The zero-order valence-electron chi connectivity index (χ0n) is 19.6. The summed E-state index contributed by atoms with van der Waals surface area (Å²) in [6.07, 6.45) is 0.411. The van der Waals surface area contributed by atoms with Crippen molar-refractivity contribution < 1.29 is 33.8 Å². The van der Waals surface area contributed by atoms with Crippen LogP contribution in [0.25, 0.3) is 11.1 Å². The number of hydrogen-bond donors (Lipinski definition) is 3. The van der Waals surface area contributed by atoms with Crippen LogP contribution in [0, 0.1) is 11.8 Å². The lowest BCUT2D eigenvalue weighted by Gasteiger charge is -2.21. The summed E-state index contributed by atoms with van der Waals surface area (Å²) in [5.41, 5.74) is 6.85. The number of amides is 2. The van der Waals surface area contributed by atoms with Crippen LogP contribution in [0.3, 0.4) is 0 Å². The third kappa shape index (κ3) is 5.63. The van der Waals surface area contributed by atoms with Crippen molar-refractivity contribution in [1.82, 2.24) is 10.8 Å². The maximum atomic E-state index is 12.6. The van der Waals surface area contributed by atoms with Crippen LogP contribution in [0.15, 0.2) is 48.5 Å². The van der Waals surface area contributed by atoms with Crippen LogP contribution in [-0.4, -0.2) is 56.0 Å². The number of methoxy groups -OCH3 is 1. The number of carbonyl (C=O) groups is 3. The van der Waals surface area contributed by atoms with Crippen molar-refractivity contribution in [1.29, 1.82) is 0 Å². The van der Waals surface area contributed by atoms with E-state index in [0.29, 0.717) is 6.42 Å². The number of carboxylic acids is 1. The van der Waals surface area contributed by atoms with Gasteiger partial charge in [-0.1, -0.05) is 55.0 Å². The summed E-state index contributed by atoms with van der Waals surface area (Å²) in [6.45, 7) is 0.320. The maximum absolute atomic E-state index is 12.6. The number of aliphatic carboxylic acids is 1. The largest absolute Gasteiger partial charge is 0.479 e. The highest BCUT2D eigenvalue weighted by Gasteiger charge is 2.34.